The average Bonchev–Trinajstić information content (AvgIpc) is 3.49. The second-order valence-corrected chi connectivity index (χ2v) is 9.53. The molecule has 1 atom stereocenters. The van der Waals surface area contributed by atoms with Gasteiger partial charge < -0.3 is 9.84 Å². The largest absolute Gasteiger partial charge is 0.508 e. The number of aromatic nitrogens is 1. The van der Waals surface area contributed by atoms with E-state index < -0.39 is 12.0 Å². The molecular weight excluding hydrogens is 468 g/mol. The fourth-order valence-corrected chi connectivity index (χ4v) is 5.70. The van der Waals surface area contributed by atoms with Gasteiger partial charge in [-0.05, 0) is 42.1 Å². The quantitative estimate of drug-likeness (QED) is 0.435. The number of thiazole rings is 1. The van der Waals surface area contributed by atoms with E-state index >= 15 is 0 Å². The maximum absolute atomic E-state index is 13.6. The monoisotopic (exact) mass is 488 g/mol. The molecule has 0 spiro atoms. The number of carbonyl (C=O) groups is 1. The van der Waals surface area contributed by atoms with Crippen LogP contribution < -0.4 is 14.9 Å². The third-order valence-corrected chi connectivity index (χ3v) is 7.28. The van der Waals surface area contributed by atoms with Crippen molar-refractivity contribution < 1.29 is 14.6 Å². The first kappa shape index (κ1) is 22.1. The smallest absolute Gasteiger partial charge is 0.338 e. The van der Waals surface area contributed by atoms with Crippen LogP contribution in [0.1, 0.15) is 29.0 Å². The van der Waals surface area contributed by atoms with Crippen LogP contribution in [0.5, 0.6) is 5.75 Å². The van der Waals surface area contributed by atoms with Crippen LogP contribution >= 0.6 is 22.7 Å². The molecule has 34 heavy (non-hydrogen) atoms. The van der Waals surface area contributed by atoms with Crippen molar-refractivity contribution in [2.45, 2.75) is 13.0 Å². The van der Waals surface area contributed by atoms with Gasteiger partial charge in [0.05, 0.1) is 22.4 Å². The Balaban J connectivity index is 1.81. The minimum Gasteiger partial charge on any atom is -0.508 e. The molecular formula is C26H20N2O4S2. The molecule has 1 aliphatic rings. The number of phenols is 1. The number of benzene rings is 2. The average molecular weight is 489 g/mol. The van der Waals surface area contributed by atoms with Crippen molar-refractivity contribution in [1.29, 1.82) is 0 Å². The van der Waals surface area contributed by atoms with Gasteiger partial charge in [0.1, 0.15) is 11.8 Å². The lowest BCUT2D eigenvalue weighted by Crippen LogP contribution is -2.39. The Morgan fingerprint density at radius 3 is 2.56 bits per heavy atom. The number of thiophene rings is 1. The van der Waals surface area contributed by atoms with Crippen LogP contribution in [0.3, 0.4) is 0 Å². The van der Waals surface area contributed by atoms with Crippen molar-refractivity contribution in [3.05, 3.63) is 113 Å². The second-order valence-electron chi connectivity index (χ2n) is 7.54. The molecule has 2 aromatic heterocycles. The predicted molar refractivity (Wildman–Crippen MR) is 133 cm³/mol. The number of nitrogens with zero attached hydrogens (tertiary/aromatic N) is 2. The van der Waals surface area contributed by atoms with Crippen molar-refractivity contribution in [2.75, 3.05) is 6.61 Å². The number of carbonyl (C=O) groups excluding carboxylic acids is 1. The molecule has 0 unspecified atom stereocenters. The summed E-state index contributed by atoms with van der Waals surface area (Å²) in [4.78, 5) is 33.0. The van der Waals surface area contributed by atoms with Crippen molar-refractivity contribution in [1.82, 2.24) is 4.57 Å². The van der Waals surface area contributed by atoms with Gasteiger partial charge in [-0.2, -0.15) is 0 Å². The Labute approximate surface area is 203 Å². The zero-order valence-electron chi connectivity index (χ0n) is 18.2. The number of hydrogen-bond donors (Lipinski definition) is 1. The van der Waals surface area contributed by atoms with Crippen molar-refractivity contribution in [3.8, 4) is 5.75 Å². The minimum atomic E-state index is -0.646. The highest BCUT2D eigenvalue weighted by atomic mass is 32.1. The van der Waals surface area contributed by atoms with Crippen LogP contribution in [0.4, 0.5) is 0 Å². The minimum absolute atomic E-state index is 0.155. The third kappa shape index (κ3) is 4.02. The Morgan fingerprint density at radius 2 is 1.88 bits per heavy atom. The molecule has 0 radical (unpaired) electrons. The SMILES string of the molecule is CCOC(=O)C1=C(c2ccccc2)N=c2s/c(=C\c3ccc(O)cc3)c(=O)n2[C@H]1c1cccs1. The molecule has 3 heterocycles. The number of ether oxygens (including phenoxy) is 1. The van der Waals surface area contributed by atoms with Gasteiger partial charge in [-0.1, -0.05) is 59.9 Å². The number of esters is 1. The number of rotatable bonds is 5. The van der Waals surface area contributed by atoms with Crippen LogP contribution in [-0.2, 0) is 9.53 Å². The Bertz CT molecular complexity index is 1550. The van der Waals surface area contributed by atoms with Crippen LogP contribution in [0.25, 0.3) is 11.8 Å². The molecule has 1 N–H and O–H groups in total. The van der Waals surface area contributed by atoms with Crippen LogP contribution in [0.15, 0.2) is 87.5 Å². The van der Waals surface area contributed by atoms with Gasteiger partial charge >= 0.3 is 5.97 Å². The topological polar surface area (TPSA) is 80.9 Å². The van der Waals surface area contributed by atoms with Gasteiger partial charge in [-0.15, -0.1) is 11.3 Å². The number of aromatic hydroxyl groups is 1. The van der Waals surface area contributed by atoms with E-state index in [1.54, 1.807) is 41.8 Å². The first-order valence-corrected chi connectivity index (χ1v) is 12.4. The van der Waals surface area contributed by atoms with Gasteiger partial charge in [-0.3, -0.25) is 9.36 Å². The predicted octanol–water partition coefficient (Wildman–Crippen LogP) is 3.70. The van der Waals surface area contributed by atoms with Crippen molar-refractivity contribution in [2.24, 2.45) is 4.99 Å². The first-order chi connectivity index (χ1) is 16.6. The lowest BCUT2D eigenvalue weighted by atomic mass is 9.97. The summed E-state index contributed by atoms with van der Waals surface area (Å²) >= 11 is 2.75. The lowest BCUT2D eigenvalue weighted by molar-refractivity contribution is -0.138. The first-order valence-electron chi connectivity index (χ1n) is 10.7. The highest BCUT2D eigenvalue weighted by molar-refractivity contribution is 7.10. The third-order valence-electron chi connectivity index (χ3n) is 5.38. The van der Waals surface area contributed by atoms with E-state index in [0.717, 1.165) is 16.0 Å². The summed E-state index contributed by atoms with van der Waals surface area (Å²) in [6.07, 6.45) is 1.77. The Morgan fingerprint density at radius 1 is 1.12 bits per heavy atom. The molecule has 0 amide bonds. The molecule has 0 saturated heterocycles. The summed E-state index contributed by atoms with van der Waals surface area (Å²) in [5, 5.41) is 11.5. The van der Waals surface area contributed by atoms with E-state index in [-0.39, 0.29) is 17.9 Å². The van der Waals surface area contributed by atoms with Crippen LogP contribution in [0.2, 0.25) is 0 Å². The molecule has 6 nitrogen and oxygen atoms in total. The molecule has 5 rings (SSSR count). The Hall–Kier alpha value is -3.75. The summed E-state index contributed by atoms with van der Waals surface area (Å²) in [6.45, 7) is 1.97. The maximum atomic E-state index is 13.6. The fourth-order valence-electron chi connectivity index (χ4n) is 3.88. The lowest BCUT2D eigenvalue weighted by Gasteiger charge is -2.24. The molecule has 1 aliphatic heterocycles. The van der Waals surface area contributed by atoms with Gasteiger partial charge in [0.2, 0.25) is 0 Å². The van der Waals surface area contributed by atoms with E-state index in [4.69, 9.17) is 9.73 Å². The highest BCUT2D eigenvalue weighted by Gasteiger charge is 2.35. The van der Waals surface area contributed by atoms with E-state index in [9.17, 15) is 14.7 Å². The maximum Gasteiger partial charge on any atom is 0.338 e. The summed E-state index contributed by atoms with van der Waals surface area (Å²) < 4.78 is 7.51. The highest BCUT2D eigenvalue weighted by Crippen LogP contribution is 2.36. The van der Waals surface area contributed by atoms with E-state index in [0.29, 0.717) is 20.6 Å². The zero-order valence-corrected chi connectivity index (χ0v) is 19.8. The number of hydrogen-bond acceptors (Lipinski definition) is 7. The van der Waals surface area contributed by atoms with E-state index in [2.05, 4.69) is 0 Å². The van der Waals surface area contributed by atoms with Crippen molar-refractivity contribution in [3.63, 3.8) is 0 Å². The Kier molecular flexibility index (Phi) is 6.00. The van der Waals surface area contributed by atoms with E-state index in [1.165, 1.54) is 22.7 Å². The molecule has 0 aliphatic carbocycles. The second kappa shape index (κ2) is 9.24. The summed E-state index contributed by atoms with van der Waals surface area (Å²) in [7, 11) is 0. The molecule has 170 valence electrons. The number of phenolic OH excluding ortho intramolecular Hbond substituents is 1. The normalized spacial score (nSPS) is 15.7. The van der Waals surface area contributed by atoms with Crippen LogP contribution in [-0.4, -0.2) is 22.2 Å². The number of fused-ring (bicyclic) bond motifs is 1. The van der Waals surface area contributed by atoms with Gasteiger partial charge in [-0.25, -0.2) is 9.79 Å². The van der Waals surface area contributed by atoms with Gasteiger partial charge in [0, 0.05) is 10.4 Å². The van der Waals surface area contributed by atoms with Crippen molar-refractivity contribution >= 4 is 40.4 Å². The molecule has 2 aromatic carbocycles. The summed E-state index contributed by atoms with van der Waals surface area (Å²) in [5.74, 6) is -0.334. The van der Waals surface area contributed by atoms with E-state index in [1.807, 2.05) is 47.8 Å². The summed E-state index contributed by atoms with van der Waals surface area (Å²) in [6, 6.07) is 19.3. The molecule has 0 saturated carbocycles. The molecule has 0 fully saturated rings. The molecule has 0 bridgehead atoms. The zero-order chi connectivity index (χ0) is 23.7. The van der Waals surface area contributed by atoms with Gasteiger partial charge in [0.25, 0.3) is 5.56 Å². The van der Waals surface area contributed by atoms with Crippen LogP contribution in [0, 0.1) is 0 Å². The summed E-state index contributed by atoms with van der Waals surface area (Å²) in [5.41, 5.74) is 2.19. The molecule has 4 aromatic rings. The standard InChI is InChI=1S/C26H20N2O4S2/c1-2-32-25(31)21-22(17-7-4-3-5-8-17)27-26-28(23(21)19-9-6-14-33-19)24(30)20(34-26)15-16-10-12-18(29)13-11-16/h3-15,23,29H,2H2,1H3/b20-15-/t23-/m0/s1. The molecule has 8 heteroatoms. The fraction of sp³-hybridized carbons (Fsp3) is 0.115. The van der Waals surface area contributed by atoms with Gasteiger partial charge in [0.15, 0.2) is 4.80 Å².